The molecule has 12 heteroatoms. The third kappa shape index (κ3) is 7.99. The molecule has 4 amide bonds. The number of benzene rings is 1. The molecule has 2 heterocycles. The van der Waals surface area contributed by atoms with Crippen molar-refractivity contribution < 1.29 is 28.8 Å². The molecule has 6 atom stereocenters. The van der Waals surface area contributed by atoms with Crippen molar-refractivity contribution in [2.24, 2.45) is 28.3 Å². The number of carbonyl (C=O) groups excluding carboxylic acids is 5. The number of oxime groups is 1. The van der Waals surface area contributed by atoms with E-state index in [2.05, 4.69) is 35.0 Å². The summed E-state index contributed by atoms with van der Waals surface area (Å²) in [4.78, 5) is 75.2. The second kappa shape index (κ2) is 13.6. The summed E-state index contributed by atoms with van der Waals surface area (Å²) in [6, 6.07) is 4.25. The molecule has 4 aliphatic rings. The van der Waals surface area contributed by atoms with Crippen LogP contribution in [0, 0.1) is 23.2 Å². The Bertz CT molecular complexity index is 1450. The number of nitrogens with zero attached hydrogens (tertiary/aromatic N) is 2. The maximum absolute atomic E-state index is 14.5. The van der Waals surface area contributed by atoms with Crippen LogP contribution >= 0.6 is 11.6 Å². The van der Waals surface area contributed by atoms with E-state index in [1.165, 1.54) is 4.90 Å². The summed E-state index contributed by atoms with van der Waals surface area (Å²) in [6.07, 6.45) is 3.71. The average Bonchev–Trinajstić information content (AvgIpc) is 3.93. The molecule has 0 bridgehead atoms. The highest BCUT2D eigenvalue weighted by molar-refractivity contribution is 6.38. The number of ketones is 1. The van der Waals surface area contributed by atoms with E-state index in [9.17, 15) is 24.0 Å². The zero-order valence-corrected chi connectivity index (χ0v) is 29.0. The number of carbonyl (C=O) groups is 5. The van der Waals surface area contributed by atoms with Crippen LogP contribution in [0.4, 0.5) is 0 Å². The molecule has 0 unspecified atom stereocenters. The van der Waals surface area contributed by atoms with Crippen LogP contribution in [0.15, 0.2) is 29.4 Å². The first kappa shape index (κ1) is 34.9. The van der Waals surface area contributed by atoms with Crippen molar-refractivity contribution >= 4 is 46.7 Å². The summed E-state index contributed by atoms with van der Waals surface area (Å²) in [5, 5.41) is 13.4. The lowest BCUT2D eigenvalue weighted by atomic mass is 9.85. The summed E-state index contributed by atoms with van der Waals surface area (Å²) in [7, 11) is 0. The van der Waals surface area contributed by atoms with Gasteiger partial charge in [0.05, 0.1) is 18.3 Å². The standard InChI is InChI=1S/C35H48ClN5O6/c1-7-9-25(28(42)32(45)37-22-12-13-22)38-31(44)27-17-35(16-26(40-47-35)20-10-8-11-21(36)14-20)18-41(27)33(46)29(34(4,5)6)39-30(43)24-15-23(24)19(2)3/h8,10-11,14,19,22-25,27,29H,7,9,12-13,15-18H2,1-6H3,(H,37,45)(H,38,44)(H,39,43)/t23-,24+,25-,27-,29+,35+/m0/s1. The van der Waals surface area contributed by atoms with E-state index in [0.717, 1.165) is 24.8 Å². The van der Waals surface area contributed by atoms with Crippen LogP contribution in [-0.2, 0) is 28.8 Å². The first-order chi connectivity index (χ1) is 22.1. The van der Waals surface area contributed by atoms with Crippen molar-refractivity contribution in [3.05, 3.63) is 34.9 Å². The topological polar surface area (TPSA) is 146 Å². The summed E-state index contributed by atoms with van der Waals surface area (Å²) in [5.41, 5.74) is -0.258. The van der Waals surface area contributed by atoms with Crippen molar-refractivity contribution in [1.82, 2.24) is 20.9 Å². The molecule has 0 radical (unpaired) electrons. The van der Waals surface area contributed by atoms with Gasteiger partial charge in [0.2, 0.25) is 23.5 Å². The molecule has 5 rings (SSSR count). The zero-order valence-electron chi connectivity index (χ0n) is 28.2. The molecular weight excluding hydrogens is 622 g/mol. The van der Waals surface area contributed by atoms with E-state index in [1.807, 2.05) is 39.8 Å². The number of hydrogen-bond donors (Lipinski definition) is 3. The molecule has 1 saturated heterocycles. The fourth-order valence-electron chi connectivity index (χ4n) is 6.74. The maximum Gasteiger partial charge on any atom is 0.289 e. The van der Waals surface area contributed by atoms with Crippen molar-refractivity contribution in [2.75, 3.05) is 6.54 Å². The van der Waals surface area contributed by atoms with E-state index in [-0.39, 0.29) is 43.2 Å². The summed E-state index contributed by atoms with van der Waals surface area (Å²) >= 11 is 6.24. The Morgan fingerprint density at radius 3 is 2.43 bits per heavy atom. The normalized spacial score (nSPS) is 26.3. The molecule has 3 fully saturated rings. The SMILES string of the molecule is CCC[C@H](NC(=O)[C@@H]1C[C@]2(CC(c3cccc(Cl)c3)=NO2)CN1C(=O)[C@@H](NC(=O)[C@@H]1C[C@H]1C(C)C)C(C)(C)C)C(=O)C(=O)NC1CC1. The Balaban J connectivity index is 1.39. The number of halogens is 1. The Morgan fingerprint density at radius 2 is 1.83 bits per heavy atom. The highest BCUT2D eigenvalue weighted by Gasteiger charge is 2.56. The molecule has 3 N–H and O–H groups in total. The minimum atomic E-state index is -1.04. The molecule has 2 saturated carbocycles. The fourth-order valence-corrected chi connectivity index (χ4v) is 6.93. The maximum atomic E-state index is 14.5. The lowest BCUT2D eigenvalue weighted by Crippen LogP contribution is -2.59. The van der Waals surface area contributed by atoms with Crippen LogP contribution in [0.2, 0.25) is 5.02 Å². The largest absolute Gasteiger partial charge is 0.387 e. The number of amides is 4. The molecular formula is C35H48ClN5O6. The summed E-state index contributed by atoms with van der Waals surface area (Å²) < 4.78 is 0. The van der Waals surface area contributed by atoms with Crippen LogP contribution < -0.4 is 16.0 Å². The second-order valence-electron chi connectivity index (χ2n) is 15.2. The molecule has 1 aromatic rings. The third-order valence-electron chi connectivity index (χ3n) is 9.76. The summed E-state index contributed by atoms with van der Waals surface area (Å²) in [6.45, 7) is 11.7. The lowest BCUT2D eigenvalue weighted by molar-refractivity contribution is -0.145. The number of likely N-dealkylation sites (tertiary alicyclic amines) is 1. The van der Waals surface area contributed by atoms with Gasteiger partial charge in [-0.25, -0.2) is 0 Å². The monoisotopic (exact) mass is 669 g/mol. The third-order valence-corrected chi connectivity index (χ3v) is 10.00. The van der Waals surface area contributed by atoms with Crippen molar-refractivity contribution in [1.29, 1.82) is 0 Å². The van der Waals surface area contributed by atoms with Crippen molar-refractivity contribution in [3.8, 4) is 0 Å². The lowest BCUT2D eigenvalue weighted by Gasteiger charge is -2.35. The highest BCUT2D eigenvalue weighted by Crippen LogP contribution is 2.45. The van der Waals surface area contributed by atoms with Gasteiger partial charge in [0.25, 0.3) is 5.91 Å². The van der Waals surface area contributed by atoms with Crippen LogP contribution in [0.3, 0.4) is 0 Å². The number of nitrogens with one attached hydrogen (secondary N) is 3. The first-order valence-electron chi connectivity index (χ1n) is 16.9. The second-order valence-corrected chi connectivity index (χ2v) is 15.6. The van der Waals surface area contributed by atoms with E-state index < -0.39 is 52.6 Å². The molecule has 1 spiro atoms. The van der Waals surface area contributed by atoms with Crippen molar-refractivity contribution in [2.45, 2.75) is 116 Å². The van der Waals surface area contributed by atoms with Crippen LogP contribution in [0.1, 0.15) is 92.1 Å². The quantitative estimate of drug-likeness (QED) is 0.289. The number of hydrogen-bond acceptors (Lipinski definition) is 7. The van der Waals surface area contributed by atoms with Crippen LogP contribution in [-0.4, -0.2) is 76.3 Å². The minimum absolute atomic E-state index is 0.00330. The van der Waals surface area contributed by atoms with Gasteiger partial charge in [-0.3, -0.25) is 24.0 Å². The van der Waals surface area contributed by atoms with Gasteiger partial charge in [0.1, 0.15) is 12.1 Å². The smallest absolute Gasteiger partial charge is 0.289 e. The van der Waals surface area contributed by atoms with Gasteiger partial charge in [-0.05, 0) is 55.1 Å². The predicted molar refractivity (Wildman–Crippen MR) is 177 cm³/mol. The van der Waals surface area contributed by atoms with Gasteiger partial charge >= 0.3 is 0 Å². The molecule has 1 aromatic carbocycles. The van der Waals surface area contributed by atoms with Gasteiger partial charge in [0, 0.05) is 35.4 Å². The number of Topliss-reactive ketones (excluding diaryl/α,β-unsaturated/α-hetero) is 1. The molecule has 47 heavy (non-hydrogen) atoms. The molecule has 11 nitrogen and oxygen atoms in total. The van der Waals surface area contributed by atoms with E-state index in [4.69, 9.17) is 16.4 Å². The minimum Gasteiger partial charge on any atom is -0.387 e. The highest BCUT2D eigenvalue weighted by atomic mass is 35.5. The molecule has 256 valence electrons. The Labute approximate surface area is 281 Å². The predicted octanol–water partition coefficient (Wildman–Crippen LogP) is 3.76. The fraction of sp³-hybridized carbons (Fsp3) is 0.657. The number of rotatable bonds is 12. The van der Waals surface area contributed by atoms with E-state index in [1.54, 1.807) is 12.1 Å². The molecule has 2 aliphatic carbocycles. The van der Waals surface area contributed by atoms with E-state index >= 15 is 0 Å². The zero-order chi connectivity index (χ0) is 34.3. The average molecular weight is 670 g/mol. The molecule has 0 aromatic heterocycles. The van der Waals surface area contributed by atoms with E-state index in [0.29, 0.717) is 29.5 Å². The summed E-state index contributed by atoms with van der Waals surface area (Å²) in [5.74, 6) is -2.05. The Morgan fingerprint density at radius 1 is 1.11 bits per heavy atom. The van der Waals surface area contributed by atoms with Gasteiger partial charge in [-0.15, -0.1) is 0 Å². The van der Waals surface area contributed by atoms with Crippen molar-refractivity contribution in [3.63, 3.8) is 0 Å². The van der Waals surface area contributed by atoms with Gasteiger partial charge in [0.15, 0.2) is 5.60 Å². The Hall–Kier alpha value is -3.47. The van der Waals surface area contributed by atoms with Gasteiger partial charge in [-0.1, -0.05) is 76.9 Å². The van der Waals surface area contributed by atoms with Crippen LogP contribution in [0.25, 0.3) is 0 Å². The Kier molecular flexibility index (Phi) is 10.1. The first-order valence-corrected chi connectivity index (χ1v) is 17.3. The van der Waals surface area contributed by atoms with Crippen LogP contribution in [0.5, 0.6) is 0 Å². The van der Waals surface area contributed by atoms with Gasteiger partial charge in [-0.2, -0.15) is 0 Å². The molecule has 2 aliphatic heterocycles. The van der Waals surface area contributed by atoms with Gasteiger partial charge < -0.3 is 25.7 Å².